The summed E-state index contributed by atoms with van der Waals surface area (Å²) in [4.78, 5) is 15.3. The van der Waals surface area contributed by atoms with Gasteiger partial charge in [-0.15, -0.1) is 0 Å². The number of oxime groups is 1. The van der Waals surface area contributed by atoms with Crippen molar-refractivity contribution < 1.29 is 14.7 Å². The van der Waals surface area contributed by atoms with E-state index in [1.54, 1.807) is 12.1 Å². The molecule has 4 nitrogen and oxygen atoms in total. The fourth-order valence-electron chi connectivity index (χ4n) is 1.17. The molecule has 0 bridgehead atoms. The molecule has 0 saturated heterocycles. The van der Waals surface area contributed by atoms with Crippen molar-refractivity contribution in [1.29, 1.82) is 0 Å². The van der Waals surface area contributed by atoms with Gasteiger partial charge in [0.2, 0.25) is 0 Å². The maximum Gasteiger partial charge on any atom is 0.303 e. The van der Waals surface area contributed by atoms with Crippen LogP contribution in [0.2, 0.25) is 5.02 Å². The standard InChI is InChI=1S/C12H14ClNO3/c1-9(10-4-6-11(13)7-5-10)14-17-8-2-3-12(15)16/h4-7H,2-3,8H2,1H3,(H,15,16). The molecule has 0 aliphatic carbocycles. The van der Waals surface area contributed by atoms with Gasteiger partial charge in [-0.2, -0.15) is 0 Å². The summed E-state index contributed by atoms with van der Waals surface area (Å²) in [5.41, 5.74) is 1.66. The van der Waals surface area contributed by atoms with Gasteiger partial charge < -0.3 is 9.94 Å². The Labute approximate surface area is 105 Å². The third-order valence-corrected chi connectivity index (χ3v) is 2.34. The molecule has 0 aliphatic heterocycles. The van der Waals surface area contributed by atoms with Crippen LogP contribution in [-0.2, 0) is 9.63 Å². The fraction of sp³-hybridized carbons (Fsp3) is 0.333. The minimum atomic E-state index is -0.827. The summed E-state index contributed by atoms with van der Waals surface area (Å²) in [5, 5.41) is 13.0. The summed E-state index contributed by atoms with van der Waals surface area (Å²) in [6.45, 7) is 2.12. The molecule has 17 heavy (non-hydrogen) atoms. The second kappa shape index (κ2) is 6.91. The van der Waals surface area contributed by atoms with Gasteiger partial charge in [0.15, 0.2) is 0 Å². The highest BCUT2D eigenvalue weighted by atomic mass is 35.5. The molecule has 1 aromatic rings. The maximum absolute atomic E-state index is 10.2. The third-order valence-electron chi connectivity index (χ3n) is 2.09. The Bertz CT molecular complexity index is 401. The number of carbonyl (C=O) groups is 1. The smallest absolute Gasteiger partial charge is 0.303 e. The summed E-state index contributed by atoms with van der Waals surface area (Å²) < 4.78 is 0. The predicted octanol–water partition coefficient (Wildman–Crippen LogP) is 2.95. The van der Waals surface area contributed by atoms with Crippen LogP contribution in [0.4, 0.5) is 0 Å². The van der Waals surface area contributed by atoms with Crippen molar-refractivity contribution in [2.75, 3.05) is 6.61 Å². The largest absolute Gasteiger partial charge is 0.481 e. The zero-order valence-electron chi connectivity index (χ0n) is 9.52. The Morgan fingerprint density at radius 2 is 2.06 bits per heavy atom. The minimum absolute atomic E-state index is 0.0928. The average Bonchev–Trinajstić information content (AvgIpc) is 2.29. The van der Waals surface area contributed by atoms with Crippen LogP contribution in [-0.4, -0.2) is 23.4 Å². The summed E-state index contributed by atoms with van der Waals surface area (Å²) in [6, 6.07) is 7.25. The first-order valence-corrected chi connectivity index (χ1v) is 5.61. The first kappa shape index (κ1) is 13.5. The number of rotatable bonds is 6. The quantitative estimate of drug-likeness (QED) is 0.483. The van der Waals surface area contributed by atoms with Crippen LogP contribution < -0.4 is 0 Å². The molecule has 0 aromatic heterocycles. The number of carboxylic acid groups (broad SMARTS) is 1. The first-order chi connectivity index (χ1) is 8.09. The SMILES string of the molecule is CC(=NOCCCC(=O)O)c1ccc(Cl)cc1. The molecule has 0 saturated carbocycles. The lowest BCUT2D eigenvalue weighted by atomic mass is 10.1. The molecule has 0 fully saturated rings. The molecule has 1 aromatic carbocycles. The molecule has 5 heteroatoms. The highest BCUT2D eigenvalue weighted by Crippen LogP contribution is 2.10. The molecular weight excluding hydrogens is 242 g/mol. The van der Waals surface area contributed by atoms with Gasteiger partial charge in [0.1, 0.15) is 6.61 Å². The summed E-state index contributed by atoms with van der Waals surface area (Å²) in [5.74, 6) is -0.827. The Hall–Kier alpha value is -1.55. The second-order valence-corrected chi connectivity index (χ2v) is 3.95. The number of aliphatic carboxylic acids is 1. The lowest BCUT2D eigenvalue weighted by Crippen LogP contribution is -2.00. The van der Waals surface area contributed by atoms with Gasteiger partial charge in [-0.3, -0.25) is 4.79 Å². The Morgan fingerprint density at radius 3 is 2.65 bits per heavy atom. The second-order valence-electron chi connectivity index (χ2n) is 3.51. The topological polar surface area (TPSA) is 58.9 Å². The van der Waals surface area contributed by atoms with Crippen LogP contribution in [0, 0.1) is 0 Å². The first-order valence-electron chi connectivity index (χ1n) is 5.24. The molecule has 0 unspecified atom stereocenters. The van der Waals surface area contributed by atoms with Gasteiger partial charge in [-0.1, -0.05) is 28.9 Å². The van der Waals surface area contributed by atoms with Crippen LogP contribution in [0.15, 0.2) is 29.4 Å². The van der Waals surface area contributed by atoms with E-state index in [1.165, 1.54) is 0 Å². The highest BCUT2D eigenvalue weighted by molar-refractivity contribution is 6.30. The van der Waals surface area contributed by atoms with Crippen molar-refractivity contribution in [3.05, 3.63) is 34.9 Å². The van der Waals surface area contributed by atoms with E-state index in [4.69, 9.17) is 21.5 Å². The van der Waals surface area contributed by atoms with E-state index < -0.39 is 5.97 Å². The van der Waals surface area contributed by atoms with Gasteiger partial charge in [-0.05, 0) is 31.0 Å². The van der Waals surface area contributed by atoms with Crippen LogP contribution in [0.1, 0.15) is 25.3 Å². The van der Waals surface area contributed by atoms with E-state index in [-0.39, 0.29) is 6.42 Å². The Morgan fingerprint density at radius 1 is 1.41 bits per heavy atom. The molecule has 1 rings (SSSR count). The Balaban J connectivity index is 2.39. The van der Waals surface area contributed by atoms with E-state index in [0.29, 0.717) is 18.1 Å². The van der Waals surface area contributed by atoms with E-state index >= 15 is 0 Å². The van der Waals surface area contributed by atoms with Crippen molar-refractivity contribution in [2.45, 2.75) is 19.8 Å². The zero-order chi connectivity index (χ0) is 12.7. The van der Waals surface area contributed by atoms with Gasteiger partial charge in [0.05, 0.1) is 5.71 Å². The average molecular weight is 256 g/mol. The van der Waals surface area contributed by atoms with E-state index in [2.05, 4.69) is 5.16 Å². The van der Waals surface area contributed by atoms with Crippen molar-refractivity contribution in [3.8, 4) is 0 Å². The Kier molecular flexibility index (Phi) is 5.49. The highest BCUT2D eigenvalue weighted by Gasteiger charge is 1.99. The fourth-order valence-corrected chi connectivity index (χ4v) is 1.30. The number of hydrogen-bond acceptors (Lipinski definition) is 3. The molecule has 0 heterocycles. The number of hydrogen-bond donors (Lipinski definition) is 1. The van der Waals surface area contributed by atoms with Crippen LogP contribution >= 0.6 is 11.6 Å². The maximum atomic E-state index is 10.2. The molecule has 0 amide bonds. The molecule has 0 atom stereocenters. The summed E-state index contributed by atoms with van der Waals surface area (Å²) in [6.07, 6.45) is 0.544. The summed E-state index contributed by atoms with van der Waals surface area (Å²) in [7, 11) is 0. The molecule has 92 valence electrons. The normalized spacial score (nSPS) is 11.3. The summed E-state index contributed by atoms with van der Waals surface area (Å²) >= 11 is 5.76. The lowest BCUT2D eigenvalue weighted by molar-refractivity contribution is -0.137. The van der Waals surface area contributed by atoms with Gasteiger partial charge in [-0.25, -0.2) is 0 Å². The number of nitrogens with zero attached hydrogens (tertiary/aromatic N) is 1. The van der Waals surface area contributed by atoms with E-state index in [1.807, 2.05) is 19.1 Å². The van der Waals surface area contributed by atoms with Crippen LogP contribution in [0.25, 0.3) is 0 Å². The van der Waals surface area contributed by atoms with E-state index in [0.717, 1.165) is 11.3 Å². The van der Waals surface area contributed by atoms with E-state index in [9.17, 15) is 4.79 Å². The van der Waals surface area contributed by atoms with Gasteiger partial charge in [0.25, 0.3) is 0 Å². The zero-order valence-corrected chi connectivity index (χ0v) is 10.3. The minimum Gasteiger partial charge on any atom is -0.481 e. The number of benzene rings is 1. The molecule has 0 radical (unpaired) electrons. The lowest BCUT2D eigenvalue weighted by Gasteiger charge is -2.02. The van der Waals surface area contributed by atoms with Crippen molar-refractivity contribution in [3.63, 3.8) is 0 Å². The van der Waals surface area contributed by atoms with Crippen molar-refractivity contribution in [1.82, 2.24) is 0 Å². The van der Waals surface area contributed by atoms with Gasteiger partial charge in [0, 0.05) is 11.4 Å². The molecule has 1 N–H and O–H groups in total. The van der Waals surface area contributed by atoms with Crippen molar-refractivity contribution >= 4 is 23.3 Å². The third kappa shape index (κ3) is 5.36. The number of halogens is 1. The molecule has 0 spiro atoms. The predicted molar refractivity (Wildman–Crippen MR) is 66.5 cm³/mol. The number of carboxylic acids is 1. The molecular formula is C12H14ClNO3. The van der Waals surface area contributed by atoms with Gasteiger partial charge >= 0.3 is 5.97 Å². The van der Waals surface area contributed by atoms with Crippen molar-refractivity contribution in [2.24, 2.45) is 5.16 Å². The van der Waals surface area contributed by atoms with Crippen LogP contribution in [0.5, 0.6) is 0 Å². The van der Waals surface area contributed by atoms with Crippen LogP contribution in [0.3, 0.4) is 0 Å². The molecule has 0 aliphatic rings. The monoisotopic (exact) mass is 255 g/mol.